The molecular formula is C30H35N3O8S. The van der Waals surface area contributed by atoms with Gasteiger partial charge in [0.2, 0.25) is 10.0 Å². The number of ether oxygens (including phenoxy) is 4. The van der Waals surface area contributed by atoms with E-state index in [1.807, 2.05) is 6.07 Å². The molecule has 0 saturated carbocycles. The van der Waals surface area contributed by atoms with E-state index in [2.05, 4.69) is 4.90 Å². The van der Waals surface area contributed by atoms with Crippen molar-refractivity contribution in [2.45, 2.75) is 36.8 Å². The molecule has 0 radical (unpaired) electrons. The fourth-order valence-corrected chi connectivity index (χ4v) is 6.69. The van der Waals surface area contributed by atoms with Crippen LogP contribution < -0.4 is 19.7 Å². The first-order valence-corrected chi connectivity index (χ1v) is 15.3. The van der Waals surface area contributed by atoms with Crippen LogP contribution in [0.3, 0.4) is 0 Å². The Hall–Kier alpha value is -3.84. The van der Waals surface area contributed by atoms with Crippen LogP contribution >= 0.6 is 0 Å². The molecule has 1 fully saturated rings. The summed E-state index contributed by atoms with van der Waals surface area (Å²) >= 11 is 0. The smallest absolute Gasteiger partial charge is 0.432 e. The Balaban J connectivity index is 1.31. The highest BCUT2D eigenvalue weighted by Crippen LogP contribution is 2.37. The fourth-order valence-electron chi connectivity index (χ4n) is 5.20. The number of hydroxylamine groups is 1. The van der Waals surface area contributed by atoms with Crippen LogP contribution in [0.5, 0.6) is 23.0 Å². The zero-order valence-electron chi connectivity index (χ0n) is 23.4. The van der Waals surface area contributed by atoms with E-state index in [1.54, 1.807) is 55.6 Å². The van der Waals surface area contributed by atoms with Crippen molar-refractivity contribution in [3.05, 3.63) is 77.9 Å². The van der Waals surface area contributed by atoms with E-state index < -0.39 is 22.3 Å². The molecule has 1 unspecified atom stereocenters. The summed E-state index contributed by atoms with van der Waals surface area (Å²) in [5.74, 6) is 2.37. The lowest BCUT2D eigenvalue weighted by molar-refractivity contribution is 0.00231. The van der Waals surface area contributed by atoms with E-state index in [1.165, 1.54) is 36.9 Å². The van der Waals surface area contributed by atoms with Crippen LogP contribution in [0.2, 0.25) is 0 Å². The van der Waals surface area contributed by atoms with Gasteiger partial charge in [0.05, 0.1) is 12.0 Å². The molecular weight excluding hydrogens is 562 g/mol. The number of sulfonamides is 1. The minimum atomic E-state index is -4.11. The van der Waals surface area contributed by atoms with Gasteiger partial charge in [-0.15, -0.1) is 0 Å². The molecule has 12 heteroatoms. The lowest BCUT2D eigenvalue weighted by atomic mass is 9.99. The molecule has 2 heterocycles. The number of benzene rings is 3. The number of rotatable bonds is 10. The summed E-state index contributed by atoms with van der Waals surface area (Å²) in [6, 6.07) is 18.3. The third kappa shape index (κ3) is 6.96. The molecule has 2 N–H and O–H groups in total. The van der Waals surface area contributed by atoms with Crippen LogP contribution in [0.25, 0.3) is 0 Å². The number of hydrogen-bond donors (Lipinski definition) is 2. The lowest BCUT2D eigenvalue weighted by Gasteiger charge is -2.35. The van der Waals surface area contributed by atoms with Gasteiger partial charge in [0.1, 0.15) is 29.6 Å². The number of amides is 1. The van der Waals surface area contributed by atoms with Gasteiger partial charge in [-0.2, -0.15) is 4.31 Å². The minimum Gasteiger partial charge on any atom is -0.497 e. The van der Waals surface area contributed by atoms with Gasteiger partial charge < -0.3 is 18.9 Å². The second-order valence-corrected chi connectivity index (χ2v) is 12.0. The van der Waals surface area contributed by atoms with E-state index in [-0.39, 0.29) is 11.4 Å². The molecule has 224 valence electrons. The van der Waals surface area contributed by atoms with Crippen LogP contribution in [0.1, 0.15) is 36.6 Å². The van der Waals surface area contributed by atoms with Crippen molar-refractivity contribution >= 4 is 16.1 Å². The standard InChI is InChI=1S/C30H35N3O8S/c1-38-23-5-7-24(8-6-23)40-25-9-12-27(13-10-25)42(36,37)33-18-15-22-21-26(39-20-19-32-16-3-2-4-17-32)11-14-28(22)29(33)41-30(34)31-35/h5-14,21,29,35H,2-4,15-20H2,1H3,(H,31,34). The molecule has 1 atom stereocenters. The predicted octanol–water partition coefficient (Wildman–Crippen LogP) is 4.71. The first kappa shape index (κ1) is 29.6. The van der Waals surface area contributed by atoms with Crippen molar-refractivity contribution in [3.8, 4) is 23.0 Å². The number of nitrogens with zero attached hydrogens (tertiary/aromatic N) is 2. The second-order valence-electron chi connectivity index (χ2n) is 10.1. The maximum absolute atomic E-state index is 13.7. The van der Waals surface area contributed by atoms with Crippen LogP contribution in [-0.2, 0) is 21.2 Å². The van der Waals surface area contributed by atoms with Crippen molar-refractivity contribution in [1.82, 2.24) is 14.7 Å². The Morgan fingerprint density at radius 3 is 2.21 bits per heavy atom. The molecule has 5 rings (SSSR count). The maximum atomic E-state index is 13.7. The average Bonchev–Trinajstić information content (AvgIpc) is 3.02. The first-order chi connectivity index (χ1) is 20.4. The molecule has 42 heavy (non-hydrogen) atoms. The predicted molar refractivity (Wildman–Crippen MR) is 153 cm³/mol. The Kier molecular flexibility index (Phi) is 9.48. The normalized spacial score (nSPS) is 17.6. The minimum absolute atomic E-state index is 0.00343. The van der Waals surface area contributed by atoms with Gasteiger partial charge in [-0.3, -0.25) is 10.1 Å². The molecule has 3 aromatic rings. The SMILES string of the molecule is COc1ccc(Oc2ccc(S(=O)(=O)N3CCc4cc(OCCN5CCCCC5)ccc4C3OC(=O)NO)cc2)cc1. The number of carbonyl (C=O) groups is 1. The van der Waals surface area contributed by atoms with Crippen molar-refractivity contribution in [2.24, 2.45) is 0 Å². The molecule has 0 aromatic heterocycles. The first-order valence-electron chi connectivity index (χ1n) is 13.9. The molecule has 11 nitrogen and oxygen atoms in total. The molecule has 1 saturated heterocycles. The van der Waals surface area contributed by atoms with Crippen LogP contribution in [0, 0.1) is 0 Å². The Morgan fingerprint density at radius 1 is 0.905 bits per heavy atom. The highest BCUT2D eigenvalue weighted by Gasteiger charge is 2.39. The second kappa shape index (κ2) is 13.4. The highest BCUT2D eigenvalue weighted by atomic mass is 32.2. The van der Waals surface area contributed by atoms with Crippen molar-refractivity contribution in [2.75, 3.05) is 39.9 Å². The summed E-state index contributed by atoms with van der Waals surface area (Å²) in [7, 11) is -2.53. The molecule has 0 spiro atoms. The average molecular weight is 598 g/mol. The number of hydrogen-bond acceptors (Lipinski definition) is 9. The number of likely N-dealkylation sites (tertiary alicyclic amines) is 1. The van der Waals surface area contributed by atoms with E-state index in [0.717, 1.165) is 29.5 Å². The zero-order chi connectivity index (χ0) is 29.5. The molecule has 2 aliphatic heterocycles. The van der Waals surface area contributed by atoms with E-state index in [4.69, 9.17) is 24.2 Å². The quantitative estimate of drug-likeness (QED) is 0.252. The number of methoxy groups -OCH3 is 1. The van der Waals surface area contributed by atoms with Crippen LogP contribution in [0.15, 0.2) is 71.6 Å². The summed E-state index contributed by atoms with van der Waals surface area (Å²) < 4.78 is 50.9. The maximum Gasteiger partial charge on any atom is 0.432 e. The molecule has 2 aliphatic rings. The third-order valence-electron chi connectivity index (χ3n) is 7.40. The van der Waals surface area contributed by atoms with Gasteiger partial charge in [-0.1, -0.05) is 6.42 Å². The monoisotopic (exact) mass is 597 g/mol. The highest BCUT2D eigenvalue weighted by molar-refractivity contribution is 7.89. The zero-order valence-corrected chi connectivity index (χ0v) is 24.2. The number of carbonyl (C=O) groups excluding carboxylic acids is 1. The van der Waals surface area contributed by atoms with Gasteiger partial charge in [-0.05, 0) is 105 Å². The molecule has 3 aromatic carbocycles. The summed E-state index contributed by atoms with van der Waals surface area (Å²) in [6.45, 7) is 3.62. The Labute approximate surface area is 245 Å². The summed E-state index contributed by atoms with van der Waals surface area (Å²) in [4.78, 5) is 14.4. The van der Waals surface area contributed by atoms with Crippen molar-refractivity contribution in [3.63, 3.8) is 0 Å². The summed E-state index contributed by atoms with van der Waals surface area (Å²) in [5.41, 5.74) is 2.72. The molecule has 0 aliphatic carbocycles. The summed E-state index contributed by atoms with van der Waals surface area (Å²) in [5, 5.41) is 9.11. The van der Waals surface area contributed by atoms with Crippen molar-refractivity contribution in [1.29, 1.82) is 0 Å². The van der Waals surface area contributed by atoms with Gasteiger partial charge in [0.25, 0.3) is 0 Å². The van der Waals surface area contributed by atoms with Crippen LogP contribution in [0.4, 0.5) is 4.79 Å². The van der Waals surface area contributed by atoms with Gasteiger partial charge >= 0.3 is 6.09 Å². The number of fused-ring (bicyclic) bond motifs is 1. The van der Waals surface area contributed by atoms with Crippen LogP contribution in [-0.4, -0.2) is 68.8 Å². The largest absolute Gasteiger partial charge is 0.497 e. The lowest BCUT2D eigenvalue weighted by Crippen LogP contribution is -2.43. The topological polar surface area (TPSA) is 127 Å². The van der Waals surface area contributed by atoms with Gasteiger partial charge in [-0.25, -0.2) is 18.7 Å². The van der Waals surface area contributed by atoms with E-state index in [9.17, 15) is 13.2 Å². The number of nitrogens with one attached hydrogen (secondary N) is 1. The number of piperidine rings is 1. The van der Waals surface area contributed by atoms with E-state index >= 15 is 0 Å². The fraction of sp³-hybridized carbons (Fsp3) is 0.367. The molecule has 0 bridgehead atoms. The Bertz CT molecular complexity index is 1460. The van der Waals surface area contributed by atoms with Gasteiger partial charge in [0.15, 0.2) is 6.23 Å². The van der Waals surface area contributed by atoms with Gasteiger partial charge in [0, 0.05) is 18.7 Å². The summed E-state index contributed by atoms with van der Waals surface area (Å²) in [6.07, 6.45) is 1.63. The molecule has 1 amide bonds. The third-order valence-corrected chi connectivity index (χ3v) is 9.26. The van der Waals surface area contributed by atoms with Crippen molar-refractivity contribution < 1.29 is 37.4 Å². The Morgan fingerprint density at radius 2 is 1.55 bits per heavy atom. The van der Waals surface area contributed by atoms with E-state index in [0.29, 0.717) is 41.6 Å².